The van der Waals surface area contributed by atoms with Crippen molar-refractivity contribution < 1.29 is 19.0 Å². The Morgan fingerprint density at radius 2 is 2.15 bits per heavy atom. The van der Waals surface area contributed by atoms with E-state index in [1.54, 1.807) is 7.11 Å². The van der Waals surface area contributed by atoms with E-state index >= 15 is 0 Å². The number of pyridine rings is 1. The van der Waals surface area contributed by atoms with Gasteiger partial charge >= 0.3 is 5.97 Å². The Bertz CT molecular complexity index is 910. The summed E-state index contributed by atoms with van der Waals surface area (Å²) in [5.41, 5.74) is 1.44. The predicted octanol–water partition coefficient (Wildman–Crippen LogP) is 5.65. The number of halogens is 1. The van der Waals surface area contributed by atoms with E-state index < -0.39 is 5.97 Å². The maximum absolute atomic E-state index is 14.6. The van der Waals surface area contributed by atoms with E-state index in [0.717, 1.165) is 56.2 Å². The van der Waals surface area contributed by atoms with E-state index in [1.807, 2.05) is 30.0 Å². The average molecular weight is 477 g/mol. The number of aryl methyl sites for hydroxylation is 1. The first-order valence-electron chi connectivity index (χ1n) is 12.1. The molecule has 1 aliphatic heterocycles. The molecule has 0 spiro atoms. The van der Waals surface area contributed by atoms with Crippen molar-refractivity contribution in [2.45, 2.75) is 51.9 Å². The number of benzene rings is 1. The quantitative estimate of drug-likeness (QED) is 0.377. The number of thioether (sulfide) groups is 1. The average Bonchev–Trinajstić information content (AvgIpc) is 2.80. The van der Waals surface area contributed by atoms with Crippen LogP contribution in [0.15, 0.2) is 24.4 Å². The monoisotopic (exact) mass is 476 g/mol. The molecule has 1 saturated heterocycles. The van der Waals surface area contributed by atoms with E-state index in [4.69, 9.17) is 4.74 Å². The number of carboxylic acids is 1. The van der Waals surface area contributed by atoms with Gasteiger partial charge in [-0.05, 0) is 98.7 Å². The number of methoxy groups -OCH3 is 1. The second kappa shape index (κ2) is 13.1. The molecule has 1 aromatic carbocycles. The third-order valence-electron chi connectivity index (χ3n) is 6.66. The third kappa shape index (κ3) is 7.57. The number of aliphatic carboxylic acids is 1. The van der Waals surface area contributed by atoms with E-state index in [-0.39, 0.29) is 18.2 Å². The van der Waals surface area contributed by atoms with Crippen molar-refractivity contribution in [2.24, 2.45) is 11.8 Å². The van der Waals surface area contributed by atoms with Gasteiger partial charge in [-0.1, -0.05) is 6.92 Å². The first kappa shape index (κ1) is 25.8. The van der Waals surface area contributed by atoms with E-state index in [2.05, 4.69) is 16.8 Å². The highest BCUT2D eigenvalue weighted by Crippen LogP contribution is 2.32. The van der Waals surface area contributed by atoms with Crippen molar-refractivity contribution in [3.63, 3.8) is 0 Å². The number of piperidine rings is 1. The van der Waals surface area contributed by atoms with Crippen LogP contribution in [0.5, 0.6) is 5.75 Å². The van der Waals surface area contributed by atoms with Gasteiger partial charge < -0.3 is 14.7 Å². The molecule has 33 heavy (non-hydrogen) atoms. The van der Waals surface area contributed by atoms with E-state index in [0.29, 0.717) is 23.7 Å². The summed E-state index contributed by atoms with van der Waals surface area (Å²) in [4.78, 5) is 18.2. The predicted molar refractivity (Wildman–Crippen MR) is 134 cm³/mol. The lowest BCUT2D eigenvalue weighted by molar-refractivity contribution is -0.139. The van der Waals surface area contributed by atoms with Gasteiger partial charge in [0, 0.05) is 18.4 Å². The Hall–Kier alpha value is -1.86. The van der Waals surface area contributed by atoms with Crippen LogP contribution in [0.3, 0.4) is 0 Å². The van der Waals surface area contributed by atoms with Gasteiger partial charge in [-0.25, -0.2) is 4.39 Å². The summed E-state index contributed by atoms with van der Waals surface area (Å²) in [6, 6.07) is 5.55. The number of hydrogen-bond donors (Lipinski definition) is 1. The fourth-order valence-corrected chi connectivity index (χ4v) is 5.78. The highest BCUT2D eigenvalue weighted by Gasteiger charge is 2.30. The lowest BCUT2D eigenvalue weighted by Gasteiger charge is -2.38. The zero-order valence-corrected chi connectivity index (χ0v) is 20.7. The molecule has 3 rings (SSSR count). The standard InChI is InChI=1S/C26H37FN2O3S/c1-3-13-33-14-5-11-29-12-10-19(20(18-29)15-26(30)31)6-4-7-22-23-16-21(32-2)8-9-25(23)28-17-24(22)27/h8-9,16-17,19-20H,3-7,10-15,18H2,1-2H3,(H,30,31)/t19-,20+/m1/s1. The summed E-state index contributed by atoms with van der Waals surface area (Å²) in [5.74, 6) is 2.61. The van der Waals surface area contributed by atoms with E-state index in [9.17, 15) is 14.3 Å². The number of ether oxygens (including phenoxy) is 1. The smallest absolute Gasteiger partial charge is 0.303 e. The number of hydrogen-bond acceptors (Lipinski definition) is 5. The van der Waals surface area contributed by atoms with Crippen molar-refractivity contribution in [3.05, 3.63) is 35.8 Å². The number of carboxylic acid groups (broad SMARTS) is 1. The van der Waals surface area contributed by atoms with Crippen LogP contribution in [0.2, 0.25) is 0 Å². The molecule has 1 N–H and O–H groups in total. The van der Waals surface area contributed by atoms with Crippen molar-refractivity contribution in [1.29, 1.82) is 0 Å². The van der Waals surface area contributed by atoms with Crippen molar-refractivity contribution in [3.8, 4) is 5.75 Å². The molecule has 0 unspecified atom stereocenters. The molecule has 2 aromatic rings. The Kier molecular flexibility index (Phi) is 10.3. The molecule has 2 heterocycles. The van der Waals surface area contributed by atoms with Gasteiger partial charge in [0.05, 0.1) is 18.8 Å². The highest BCUT2D eigenvalue weighted by molar-refractivity contribution is 7.99. The summed E-state index contributed by atoms with van der Waals surface area (Å²) < 4.78 is 19.9. The second-order valence-electron chi connectivity index (χ2n) is 9.03. The molecule has 2 atom stereocenters. The maximum Gasteiger partial charge on any atom is 0.303 e. The number of aromatic nitrogens is 1. The van der Waals surface area contributed by atoms with Crippen LogP contribution in [0.1, 0.15) is 51.0 Å². The van der Waals surface area contributed by atoms with Gasteiger partial charge in [-0.15, -0.1) is 0 Å². The summed E-state index contributed by atoms with van der Waals surface area (Å²) in [7, 11) is 1.60. The zero-order chi connectivity index (χ0) is 23.6. The normalized spacial score (nSPS) is 19.1. The molecule has 0 radical (unpaired) electrons. The van der Waals surface area contributed by atoms with Gasteiger partial charge in [0.1, 0.15) is 11.6 Å². The minimum absolute atomic E-state index is 0.165. The SMILES string of the molecule is CCCSCCCN1CC[C@@H](CCCc2c(F)cnc3ccc(OC)cc23)[C@@H](CC(=O)O)C1. The third-order valence-corrected chi connectivity index (χ3v) is 7.93. The molecule has 1 aliphatic rings. The first-order chi connectivity index (χ1) is 16.0. The molecule has 7 heteroatoms. The number of nitrogens with zero attached hydrogens (tertiary/aromatic N) is 2. The van der Waals surface area contributed by atoms with Crippen LogP contribution in [0.4, 0.5) is 4.39 Å². The second-order valence-corrected chi connectivity index (χ2v) is 10.3. The van der Waals surface area contributed by atoms with Gasteiger partial charge in [-0.3, -0.25) is 9.78 Å². The van der Waals surface area contributed by atoms with Crippen LogP contribution < -0.4 is 4.74 Å². The molecule has 0 amide bonds. The molecule has 0 bridgehead atoms. The lowest BCUT2D eigenvalue weighted by atomic mass is 9.79. The Balaban J connectivity index is 1.57. The minimum atomic E-state index is -0.719. The first-order valence-corrected chi connectivity index (χ1v) is 13.3. The molecule has 0 saturated carbocycles. The molecule has 1 aromatic heterocycles. The van der Waals surface area contributed by atoms with Gasteiger partial charge in [-0.2, -0.15) is 11.8 Å². The number of carbonyl (C=O) groups is 1. The Morgan fingerprint density at radius 1 is 1.30 bits per heavy atom. The van der Waals surface area contributed by atoms with Gasteiger partial charge in [0.25, 0.3) is 0 Å². The topological polar surface area (TPSA) is 62.7 Å². The molecule has 182 valence electrons. The van der Waals surface area contributed by atoms with Crippen LogP contribution in [-0.2, 0) is 11.2 Å². The van der Waals surface area contributed by atoms with Crippen molar-refractivity contribution >= 4 is 28.6 Å². The largest absolute Gasteiger partial charge is 0.497 e. The Morgan fingerprint density at radius 3 is 2.91 bits per heavy atom. The molecule has 1 fully saturated rings. The number of rotatable bonds is 13. The van der Waals surface area contributed by atoms with Crippen LogP contribution in [0.25, 0.3) is 10.9 Å². The summed E-state index contributed by atoms with van der Waals surface area (Å²) in [5, 5.41) is 10.3. The highest BCUT2D eigenvalue weighted by atomic mass is 32.2. The van der Waals surface area contributed by atoms with E-state index in [1.165, 1.54) is 24.1 Å². The van der Waals surface area contributed by atoms with Crippen LogP contribution in [0, 0.1) is 17.7 Å². The fraction of sp³-hybridized carbons (Fsp3) is 0.615. The summed E-state index contributed by atoms with van der Waals surface area (Å²) >= 11 is 2.00. The molecule has 5 nitrogen and oxygen atoms in total. The van der Waals surface area contributed by atoms with Crippen LogP contribution in [-0.4, -0.2) is 59.2 Å². The van der Waals surface area contributed by atoms with Crippen molar-refractivity contribution in [1.82, 2.24) is 9.88 Å². The van der Waals surface area contributed by atoms with Gasteiger partial charge in [0.15, 0.2) is 0 Å². The molecule has 0 aliphatic carbocycles. The number of fused-ring (bicyclic) bond motifs is 1. The van der Waals surface area contributed by atoms with Crippen LogP contribution >= 0.6 is 11.8 Å². The zero-order valence-electron chi connectivity index (χ0n) is 19.9. The minimum Gasteiger partial charge on any atom is -0.497 e. The maximum atomic E-state index is 14.6. The lowest BCUT2D eigenvalue weighted by Crippen LogP contribution is -2.42. The van der Waals surface area contributed by atoms with Crippen molar-refractivity contribution in [2.75, 3.05) is 38.2 Å². The van der Waals surface area contributed by atoms with Gasteiger partial charge in [0.2, 0.25) is 0 Å². The number of likely N-dealkylation sites (tertiary alicyclic amines) is 1. The molecular formula is C26H37FN2O3S. The molecular weight excluding hydrogens is 439 g/mol. The Labute approximate surface area is 201 Å². The summed E-state index contributed by atoms with van der Waals surface area (Å²) in [6.45, 7) is 5.15. The fourth-order valence-electron chi connectivity index (χ4n) is 4.96. The summed E-state index contributed by atoms with van der Waals surface area (Å²) in [6.07, 6.45) is 7.29.